The van der Waals surface area contributed by atoms with Crippen LogP contribution in [0.3, 0.4) is 0 Å². The predicted molar refractivity (Wildman–Crippen MR) is 54.4 cm³/mol. The van der Waals surface area contributed by atoms with E-state index in [0.29, 0.717) is 6.54 Å². The molecule has 6 heteroatoms. The van der Waals surface area contributed by atoms with Crippen LogP contribution in [0.25, 0.3) is 5.82 Å². The third-order valence-corrected chi connectivity index (χ3v) is 1.96. The third kappa shape index (κ3) is 1.99. The largest absolute Gasteiger partial charge is 0.313 e. The van der Waals surface area contributed by atoms with Crippen LogP contribution in [0.1, 0.15) is 11.5 Å². The Morgan fingerprint density at radius 2 is 2.13 bits per heavy atom. The Hall–Kier alpha value is -1.82. The Morgan fingerprint density at radius 1 is 1.27 bits per heavy atom. The molecule has 0 saturated heterocycles. The van der Waals surface area contributed by atoms with Crippen molar-refractivity contribution >= 4 is 0 Å². The highest BCUT2D eigenvalue weighted by Gasteiger charge is 2.06. The van der Waals surface area contributed by atoms with Crippen LogP contribution >= 0.6 is 0 Å². The van der Waals surface area contributed by atoms with Crippen molar-refractivity contribution in [3.05, 3.63) is 30.2 Å². The van der Waals surface area contributed by atoms with E-state index in [0.717, 1.165) is 17.3 Å². The smallest absolute Gasteiger partial charge is 0.159 e. The molecule has 0 fully saturated rings. The summed E-state index contributed by atoms with van der Waals surface area (Å²) in [5.74, 6) is 1.57. The number of nitrogens with one attached hydrogen (secondary N) is 1. The average molecular weight is 204 g/mol. The molecule has 2 rings (SSSR count). The van der Waals surface area contributed by atoms with Crippen molar-refractivity contribution in [3.63, 3.8) is 0 Å². The van der Waals surface area contributed by atoms with Crippen molar-refractivity contribution in [2.24, 2.45) is 0 Å². The molecule has 0 amide bonds. The zero-order valence-corrected chi connectivity index (χ0v) is 8.68. The Balaban J connectivity index is 2.40. The SMILES string of the molecule is CNCc1ncnn1-c1cc(C)ncn1. The standard InChI is InChI=1S/C9H12N6/c1-7-3-8(12-5-11-7)15-9(4-10-2)13-6-14-15/h3,5-6,10H,4H2,1-2H3. The maximum atomic E-state index is 4.15. The molecule has 0 spiro atoms. The molecular formula is C9H12N6. The van der Waals surface area contributed by atoms with Gasteiger partial charge in [0.2, 0.25) is 0 Å². The van der Waals surface area contributed by atoms with Gasteiger partial charge in [0, 0.05) is 11.8 Å². The number of hydrogen-bond donors (Lipinski definition) is 1. The molecule has 0 aliphatic carbocycles. The molecule has 2 aromatic rings. The number of rotatable bonds is 3. The van der Waals surface area contributed by atoms with Crippen LogP contribution in [0.15, 0.2) is 18.7 Å². The lowest BCUT2D eigenvalue weighted by atomic mass is 10.4. The van der Waals surface area contributed by atoms with Gasteiger partial charge in [0.15, 0.2) is 5.82 Å². The monoisotopic (exact) mass is 204 g/mol. The highest BCUT2D eigenvalue weighted by Crippen LogP contribution is 2.05. The number of aryl methyl sites for hydroxylation is 1. The summed E-state index contributed by atoms with van der Waals surface area (Å²) in [7, 11) is 1.87. The van der Waals surface area contributed by atoms with Gasteiger partial charge < -0.3 is 5.32 Å². The normalized spacial score (nSPS) is 10.5. The number of nitrogens with zero attached hydrogens (tertiary/aromatic N) is 5. The molecule has 0 aliphatic heterocycles. The van der Waals surface area contributed by atoms with Gasteiger partial charge in [-0.3, -0.25) is 0 Å². The first-order valence-corrected chi connectivity index (χ1v) is 4.64. The Labute approximate surface area is 87.4 Å². The zero-order valence-electron chi connectivity index (χ0n) is 8.68. The van der Waals surface area contributed by atoms with E-state index in [2.05, 4.69) is 25.4 Å². The summed E-state index contributed by atoms with van der Waals surface area (Å²) in [6, 6.07) is 1.87. The molecule has 0 atom stereocenters. The molecule has 78 valence electrons. The van der Waals surface area contributed by atoms with Crippen LogP contribution < -0.4 is 5.32 Å². The molecule has 15 heavy (non-hydrogen) atoms. The summed E-state index contributed by atoms with van der Waals surface area (Å²) in [6.07, 6.45) is 3.04. The van der Waals surface area contributed by atoms with Gasteiger partial charge in [-0.25, -0.2) is 15.0 Å². The van der Waals surface area contributed by atoms with Crippen molar-refractivity contribution in [2.75, 3.05) is 7.05 Å². The van der Waals surface area contributed by atoms with E-state index in [1.54, 1.807) is 4.68 Å². The van der Waals surface area contributed by atoms with E-state index in [4.69, 9.17) is 0 Å². The van der Waals surface area contributed by atoms with E-state index in [1.807, 2.05) is 20.0 Å². The highest BCUT2D eigenvalue weighted by molar-refractivity contribution is 5.22. The second kappa shape index (κ2) is 4.14. The van der Waals surface area contributed by atoms with E-state index < -0.39 is 0 Å². The molecule has 2 aromatic heterocycles. The van der Waals surface area contributed by atoms with Crippen LogP contribution in [-0.2, 0) is 6.54 Å². The topological polar surface area (TPSA) is 68.5 Å². The molecule has 1 N–H and O–H groups in total. The number of hydrogen-bond acceptors (Lipinski definition) is 5. The maximum Gasteiger partial charge on any atom is 0.159 e. The second-order valence-corrected chi connectivity index (χ2v) is 3.14. The minimum absolute atomic E-state index is 0.656. The summed E-state index contributed by atoms with van der Waals surface area (Å²) in [6.45, 7) is 2.57. The minimum atomic E-state index is 0.656. The van der Waals surface area contributed by atoms with Gasteiger partial charge in [-0.2, -0.15) is 9.78 Å². The van der Waals surface area contributed by atoms with Gasteiger partial charge in [0.05, 0.1) is 6.54 Å². The molecule has 2 heterocycles. The van der Waals surface area contributed by atoms with Crippen molar-refractivity contribution in [3.8, 4) is 5.82 Å². The lowest BCUT2D eigenvalue weighted by Gasteiger charge is -2.04. The lowest BCUT2D eigenvalue weighted by molar-refractivity contribution is 0.700. The van der Waals surface area contributed by atoms with E-state index in [9.17, 15) is 0 Å². The fraction of sp³-hybridized carbons (Fsp3) is 0.333. The predicted octanol–water partition coefficient (Wildman–Crippen LogP) is 0.0851. The van der Waals surface area contributed by atoms with E-state index in [-0.39, 0.29) is 0 Å². The molecule has 0 unspecified atom stereocenters. The van der Waals surface area contributed by atoms with Crippen LogP contribution in [0.2, 0.25) is 0 Å². The molecule has 0 aromatic carbocycles. The molecule has 0 radical (unpaired) electrons. The Kier molecular flexibility index (Phi) is 2.68. The summed E-state index contributed by atoms with van der Waals surface area (Å²) >= 11 is 0. The first kappa shape index (κ1) is 9.72. The van der Waals surface area contributed by atoms with Crippen molar-refractivity contribution in [2.45, 2.75) is 13.5 Å². The van der Waals surface area contributed by atoms with Crippen LogP contribution in [0, 0.1) is 6.92 Å². The molecule has 0 saturated carbocycles. The van der Waals surface area contributed by atoms with Gasteiger partial charge in [0.25, 0.3) is 0 Å². The van der Waals surface area contributed by atoms with Gasteiger partial charge in [-0.05, 0) is 14.0 Å². The summed E-state index contributed by atoms with van der Waals surface area (Å²) in [4.78, 5) is 12.3. The second-order valence-electron chi connectivity index (χ2n) is 3.14. The van der Waals surface area contributed by atoms with Gasteiger partial charge in [-0.1, -0.05) is 0 Å². The number of aromatic nitrogens is 5. The zero-order chi connectivity index (χ0) is 10.7. The Morgan fingerprint density at radius 3 is 2.87 bits per heavy atom. The van der Waals surface area contributed by atoms with E-state index >= 15 is 0 Å². The average Bonchev–Trinajstić information content (AvgIpc) is 2.66. The Bertz CT molecular complexity index is 449. The van der Waals surface area contributed by atoms with Crippen LogP contribution in [0.5, 0.6) is 0 Å². The molecule has 6 nitrogen and oxygen atoms in total. The molecular weight excluding hydrogens is 192 g/mol. The first-order valence-electron chi connectivity index (χ1n) is 4.64. The fourth-order valence-corrected chi connectivity index (χ4v) is 1.29. The minimum Gasteiger partial charge on any atom is -0.313 e. The van der Waals surface area contributed by atoms with Gasteiger partial charge in [-0.15, -0.1) is 0 Å². The summed E-state index contributed by atoms with van der Waals surface area (Å²) < 4.78 is 1.70. The maximum absolute atomic E-state index is 4.15. The van der Waals surface area contributed by atoms with Gasteiger partial charge in [0.1, 0.15) is 18.5 Å². The summed E-state index contributed by atoms with van der Waals surface area (Å²) in [5.41, 5.74) is 0.908. The van der Waals surface area contributed by atoms with E-state index in [1.165, 1.54) is 12.7 Å². The van der Waals surface area contributed by atoms with Crippen molar-refractivity contribution < 1.29 is 0 Å². The van der Waals surface area contributed by atoms with Gasteiger partial charge >= 0.3 is 0 Å². The van der Waals surface area contributed by atoms with Crippen LogP contribution in [0.4, 0.5) is 0 Å². The fourth-order valence-electron chi connectivity index (χ4n) is 1.29. The lowest BCUT2D eigenvalue weighted by Crippen LogP contribution is -2.13. The third-order valence-electron chi connectivity index (χ3n) is 1.96. The highest BCUT2D eigenvalue weighted by atomic mass is 15.4. The van der Waals surface area contributed by atoms with Crippen molar-refractivity contribution in [1.29, 1.82) is 0 Å². The van der Waals surface area contributed by atoms with Crippen molar-refractivity contribution in [1.82, 2.24) is 30.0 Å². The molecule has 0 aliphatic rings. The molecule has 0 bridgehead atoms. The summed E-state index contributed by atoms with van der Waals surface area (Å²) in [5, 5.41) is 7.15. The first-order chi connectivity index (χ1) is 7.31. The van der Waals surface area contributed by atoms with Crippen LogP contribution in [-0.4, -0.2) is 31.8 Å². The quantitative estimate of drug-likeness (QED) is 0.767.